The smallest absolute Gasteiger partial charge is 0.116 e. The van der Waals surface area contributed by atoms with Gasteiger partial charge in [0.2, 0.25) is 0 Å². The van der Waals surface area contributed by atoms with E-state index in [2.05, 4.69) is 12.1 Å². The zero-order valence-corrected chi connectivity index (χ0v) is 7.83. The third-order valence-electron chi connectivity index (χ3n) is 2.51. The number of fused-ring (bicyclic) bond motifs is 1. The number of aromatic hydroxyl groups is 1. The predicted molar refractivity (Wildman–Crippen MR) is 54.6 cm³/mol. The Morgan fingerprint density at radius 1 is 1.43 bits per heavy atom. The van der Waals surface area contributed by atoms with E-state index in [4.69, 9.17) is 5.26 Å². The first kappa shape index (κ1) is 8.83. The summed E-state index contributed by atoms with van der Waals surface area (Å²) in [5.41, 5.74) is 3.32. The molecule has 0 aromatic heterocycles. The van der Waals surface area contributed by atoms with Crippen LogP contribution in [-0.4, -0.2) is 5.11 Å². The molecule has 0 heterocycles. The second-order valence-corrected chi connectivity index (χ2v) is 3.44. The fourth-order valence-corrected chi connectivity index (χ4v) is 1.85. The minimum absolute atomic E-state index is 0.273. The second kappa shape index (κ2) is 3.55. The Balaban J connectivity index is 2.47. The van der Waals surface area contributed by atoms with Crippen LogP contribution in [0.5, 0.6) is 5.75 Å². The lowest BCUT2D eigenvalue weighted by Crippen LogP contribution is -1.98. The van der Waals surface area contributed by atoms with E-state index in [-0.39, 0.29) is 5.75 Å². The summed E-state index contributed by atoms with van der Waals surface area (Å²) >= 11 is 0. The average Bonchev–Trinajstić information content (AvgIpc) is 2.19. The van der Waals surface area contributed by atoms with Gasteiger partial charge in [0.25, 0.3) is 0 Å². The van der Waals surface area contributed by atoms with Gasteiger partial charge < -0.3 is 5.11 Å². The third kappa shape index (κ3) is 1.49. The fourth-order valence-electron chi connectivity index (χ4n) is 1.85. The summed E-state index contributed by atoms with van der Waals surface area (Å²) in [7, 11) is 0. The van der Waals surface area contributed by atoms with Crippen molar-refractivity contribution in [2.45, 2.75) is 19.3 Å². The lowest BCUT2D eigenvalue weighted by atomic mass is 9.89. The van der Waals surface area contributed by atoms with Gasteiger partial charge >= 0.3 is 0 Å². The van der Waals surface area contributed by atoms with E-state index in [1.165, 1.54) is 5.56 Å². The van der Waals surface area contributed by atoms with Gasteiger partial charge in [0.15, 0.2) is 0 Å². The van der Waals surface area contributed by atoms with E-state index in [1.807, 2.05) is 6.07 Å². The van der Waals surface area contributed by atoms with E-state index in [0.717, 1.165) is 24.0 Å². The summed E-state index contributed by atoms with van der Waals surface area (Å²) in [6, 6.07) is 7.54. The summed E-state index contributed by atoms with van der Waals surface area (Å²) in [5.74, 6) is 0.273. The Morgan fingerprint density at radius 3 is 3.07 bits per heavy atom. The molecule has 70 valence electrons. The highest BCUT2D eigenvalue weighted by molar-refractivity contribution is 5.72. The highest BCUT2D eigenvalue weighted by Gasteiger charge is 2.12. The van der Waals surface area contributed by atoms with E-state index in [0.29, 0.717) is 6.42 Å². The quantitative estimate of drug-likeness (QED) is 0.730. The maximum Gasteiger partial charge on any atom is 0.116 e. The SMILES string of the molecule is N#CCC1=CCCc2ccc(O)cc21. The fraction of sp³-hybridized carbons (Fsp3) is 0.250. The first-order valence-corrected chi connectivity index (χ1v) is 4.69. The average molecular weight is 185 g/mol. The molecule has 0 saturated carbocycles. The number of phenols is 1. The molecule has 1 N–H and O–H groups in total. The van der Waals surface area contributed by atoms with Crippen molar-refractivity contribution >= 4 is 5.57 Å². The largest absolute Gasteiger partial charge is 0.508 e. The molecule has 1 aromatic carbocycles. The zero-order valence-electron chi connectivity index (χ0n) is 7.83. The summed E-state index contributed by atoms with van der Waals surface area (Å²) in [4.78, 5) is 0. The van der Waals surface area contributed by atoms with Gasteiger partial charge in [-0.2, -0.15) is 5.26 Å². The van der Waals surface area contributed by atoms with Crippen LogP contribution in [0.4, 0.5) is 0 Å². The second-order valence-electron chi connectivity index (χ2n) is 3.44. The van der Waals surface area contributed by atoms with Gasteiger partial charge in [0, 0.05) is 0 Å². The van der Waals surface area contributed by atoms with Crippen molar-refractivity contribution in [3.63, 3.8) is 0 Å². The summed E-state index contributed by atoms with van der Waals surface area (Å²) < 4.78 is 0. The molecule has 0 spiro atoms. The molecule has 0 unspecified atom stereocenters. The number of nitriles is 1. The number of rotatable bonds is 1. The minimum Gasteiger partial charge on any atom is -0.508 e. The Morgan fingerprint density at radius 2 is 2.29 bits per heavy atom. The highest BCUT2D eigenvalue weighted by atomic mass is 16.3. The Bertz CT molecular complexity index is 426. The molecule has 0 bridgehead atoms. The molecule has 0 saturated heterocycles. The van der Waals surface area contributed by atoms with Gasteiger partial charge in [-0.25, -0.2) is 0 Å². The third-order valence-corrected chi connectivity index (χ3v) is 2.51. The van der Waals surface area contributed by atoms with Gasteiger partial charge in [-0.15, -0.1) is 0 Å². The maximum atomic E-state index is 9.36. The Kier molecular flexibility index (Phi) is 2.24. The molecule has 0 aliphatic heterocycles. The van der Waals surface area contributed by atoms with Gasteiger partial charge in [-0.3, -0.25) is 0 Å². The number of allylic oxidation sites excluding steroid dienone is 2. The number of phenolic OH excluding ortho intramolecular Hbond substituents is 1. The van der Waals surface area contributed by atoms with Crippen molar-refractivity contribution < 1.29 is 5.11 Å². The molecule has 1 aliphatic rings. The predicted octanol–water partition coefficient (Wildman–Crippen LogP) is 2.64. The van der Waals surface area contributed by atoms with E-state index >= 15 is 0 Å². The van der Waals surface area contributed by atoms with Crippen LogP contribution in [0.2, 0.25) is 0 Å². The van der Waals surface area contributed by atoms with Gasteiger partial charge in [0.1, 0.15) is 5.75 Å². The number of hydrogen-bond acceptors (Lipinski definition) is 2. The maximum absolute atomic E-state index is 9.36. The van der Waals surface area contributed by atoms with E-state index < -0.39 is 0 Å². The normalized spacial score (nSPS) is 14.1. The van der Waals surface area contributed by atoms with Crippen LogP contribution in [0.1, 0.15) is 24.0 Å². The van der Waals surface area contributed by atoms with Crippen LogP contribution < -0.4 is 0 Å². The summed E-state index contributed by atoms with van der Waals surface area (Å²) in [6.07, 6.45) is 4.51. The van der Waals surface area contributed by atoms with Crippen LogP contribution in [0.15, 0.2) is 24.3 Å². The Hall–Kier alpha value is -1.75. The molecular weight excluding hydrogens is 174 g/mol. The molecule has 2 nitrogen and oxygen atoms in total. The van der Waals surface area contributed by atoms with Crippen LogP contribution in [0.3, 0.4) is 0 Å². The molecule has 2 rings (SSSR count). The molecule has 0 amide bonds. The molecule has 14 heavy (non-hydrogen) atoms. The standard InChI is InChI=1S/C12H11NO/c13-7-6-10-3-1-2-9-4-5-11(14)8-12(9)10/h3-5,8,14H,1-2,6H2. The highest BCUT2D eigenvalue weighted by Crippen LogP contribution is 2.30. The van der Waals surface area contributed by atoms with Crippen molar-refractivity contribution in [2.75, 3.05) is 0 Å². The van der Waals surface area contributed by atoms with Crippen LogP contribution in [-0.2, 0) is 6.42 Å². The number of aryl methyl sites for hydroxylation is 1. The monoisotopic (exact) mass is 185 g/mol. The van der Waals surface area contributed by atoms with Crippen molar-refractivity contribution in [3.8, 4) is 11.8 Å². The lowest BCUT2D eigenvalue weighted by Gasteiger charge is -2.15. The number of nitrogens with zero attached hydrogens (tertiary/aromatic N) is 1. The Labute approximate surface area is 83.1 Å². The zero-order chi connectivity index (χ0) is 9.97. The van der Waals surface area contributed by atoms with Crippen molar-refractivity contribution in [3.05, 3.63) is 35.4 Å². The van der Waals surface area contributed by atoms with Gasteiger partial charge in [-0.1, -0.05) is 12.1 Å². The number of benzene rings is 1. The lowest BCUT2D eigenvalue weighted by molar-refractivity contribution is 0.475. The first-order chi connectivity index (χ1) is 6.81. The molecule has 1 aromatic rings. The van der Waals surface area contributed by atoms with Crippen LogP contribution >= 0.6 is 0 Å². The minimum atomic E-state index is 0.273. The van der Waals surface area contributed by atoms with E-state index in [1.54, 1.807) is 12.1 Å². The van der Waals surface area contributed by atoms with Gasteiger partial charge in [-0.05, 0) is 41.7 Å². The van der Waals surface area contributed by atoms with Crippen molar-refractivity contribution in [1.82, 2.24) is 0 Å². The molecular formula is C12H11NO. The first-order valence-electron chi connectivity index (χ1n) is 4.69. The van der Waals surface area contributed by atoms with Crippen LogP contribution in [0, 0.1) is 11.3 Å². The van der Waals surface area contributed by atoms with Gasteiger partial charge in [0.05, 0.1) is 12.5 Å². The molecule has 2 heteroatoms. The molecule has 0 fully saturated rings. The van der Waals surface area contributed by atoms with Crippen LogP contribution in [0.25, 0.3) is 5.57 Å². The van der Waals surface area contributed by atoms with Crippen molar-refractivity contribution in [1.29, 1.82) is 5.26 Å². The van der Waals surface area contributed by atoms with E-state index in [9.17, 15) is 5.11 Å². The summed E-state index contributed by atoms with van der Waals surface area (Å²) in [5, 5.41) is 18.0. The molecule has 0 radical (unpaired) electrons. The molecule has 0 atom stereocenters. The number of hydrogen-bond donors (Lipinski definition) is 1. The molecule has 1 aliphatic carbocycles. The van der Waals surface area contributed by atoms with Crippen molar-refractivity contribution in [2.24, 2.45) is 0 Å². The summed E-state index contributed by atoms with van der Waals surface area (Å²) in [6.45, 7) is 0. The topological polar surface area (TPSA) is 44.0 Å².